The molecule has 0 unspecified atom stereocenters. The van der Waals surface area contributed by atoms with E-state index in [9.17, 15) is 9.90 Å². The van der Waals surface area contributed by atoms with Crippen molar-refractivity contribution in [1.29, 1.82) is 0 Å². The van der Waals surface area contributed by atoms with Gasteiger partial charge in [-0.2, -0.15) is 9.61 Å². The molecule has 0 atom stereocenters. The average molecular weight is 379 g/mol. The predicted molar refractivity (Wildman–Crippen MR) is 101 cm³/mol. The van der Waals surface area contributed by atoms with Crippen LogP contribution in [0.5, 0.6) is 5.88 Å². The largest absolute Gasteiger partial charge is 0.492 e. The van der Waals surface area contributed by atoms with Crippen LogP contribution in [0, 0.1) is 0 Å². The van der Waals surface area contributed by atoms with Crippen molar-refractivity contribution < 1.29 is 5.11 Å². The number of halogens is 1. The fourth-order valence-corrected chi connectivity index (χ4v) is 3.17. The highest BCUT2D eigenvalue weighted by atomic mass is 35.5. The maximum absolute atomic E-state index is 12.5. The third kappa shape index (κ3) is 2.46. The second-order valence-corrected chi connectivity index (χ2v) is 6.45. The van der Waals surface area contributed by atoms with Crippen LogP contribution in [0.4, 0.5) is 0 Å². The van der Waals surface area contributed by atoms with E-state index >= 15 is 0 Å². The third-order valence-corrected chi connectivity index (χ3v) is 4.55. The average Bonchev–Trinajstić information content (AvgIpc) is 3.26. The maximum atomic E-state index is 12.5. The van der Waals surface area contributed by atoms with Crippen LogP contribution in [-0.4, -0.2) is 34.9 Å². The predicted octanol–water partition coefficient (Wildman–Crippen LogP) is 2.99. The molecular weight excluding hydrogens is 368 g/mol. The van der Waals surface area contributed by atoms with Crippen molar-refractivity contribution in [2.24, 2.45) is 0 Å². The molecule has 8 nitrogen and oxygen atoms in total. The lowest BCUT2D eigenvalue weighted by Crippen LogP contribution is -2.14. The Labute approximate surface area is 156 Å². The molecule has 5 aromatic rings. The molecule has 27 heavy (non-hydrogen) atoms. The Bertz CT molecular complexity index is 1370. The highest BCUT2D eigenvalue weighted by Crippen LogP contribution is 2.31. The molecule has 5 rings (SSSR count). The minimum atomic E-state index is -0.374. The Morgan fingerprint density at radius 1 is 1.11 bits per heavy atom. The Morgan fingerprint density at radius 3 is 2.81 bits per heavy atom. The second kappa shape index (κ2) is 5.68. The van der Waals surface area contributed by atoms with Crippen LogP contribution in [0.2, 0.25) is 5.02 Å². The summed E-state index contributed by atoms with van der Waals surface area (Å²) in [4.78, 5) is 19.9. The van der Waals surface area contributed by atoms with Crippen molar-refractivity contribution in [2.75, 3.05) is 0 Å². The molecule has 0 saturated heterocycles. The second-order valence-electron chi connectivity index (χ2n) is 6.01. The van der Waals surface area contributed by atoms with E-state index in [1.54, 1.807) is 18.3 Å². The van der Waals surface area contributed by atoms with Crippen LogP contribution in [0.15, 0.2) is 53.6 Å². The molecule has 4 aromatic heterocycles. The number of pyridine rings is 1. The van der Waals surface area contributed by atoms with Gasteiger partial charge in [-0.1, -0.05) is 17.7 Å². The van der Waals surface area contributed by atoms with E-state index in [1.165, 1.54) is 12.3 Å². The van der Waals surface area contributed by atoms with E-state index in [4.69, 9.17) is 11.6 Å². The molecule has 1 aromatic carbocycles. The molecule has 0 spiro atoms. The first-order valence-electron chi connectivity index (χ1n) is 8.00. The molecule has 0 bridgehead atoms. The molecule has 0 amide bonds. The number of benzene rings is 1. The van der Waals surface area contributed by atoms with E-state index in [0.717, 1.165) is 21.0 Å². The monoisotopic (exact) mass is 378 g/mol. The molecule has 0 aliphatic heterocycles. The number of hydrogen-bond donors (Lipinski definition) is 3. The van der Waals surface area contributed by atoms with Crippen molar-refractivity contribution in [3.63, 3.8) is 0 Å². The van der Waals surface area contributed by atoms with Gasteiger partial charge in [-0.25, -0.2) is 0 Å². The van der Waals surface area contributed by atoms with Crippen LogP contribution in [-0.2, 0) is 0 Å². The summed E-state index contributed by atoms with van der Waals surface area (Å²) < 4.78 is 1.11. The number of aromatic hydroxyl groups is 1. The fourth-order valence-electron chi connectivity index (χ4n) is 3.06. The number of hydrogen-bond acceptors (Lipinski definition) is 5. The smallest absolute Gasteiger partial charge is 0.275 e. The first-order chi connectivity index (χ1) is 13.1. The highest BCUT2D eigenvalue weighted by molar-refractivity contribution is 6.30. The normalized spacial score (nSPS) is 11.4. The summed E-state index contributed by atoms with van der Waals surface area (Å²) >= 11 is 5.89. The summed E-state index contributed by atoms with van der Waals surface area (Å²) in [6, 6.07) is 10.4. The zero-order valence-electron chi connectivity index (χ0n) is 13.6. The summed E-state index contributed by atoms with van der Waals surface area (Å²) in [6.07, 6.45) is 3.18. The number of nitrogens with one attached hydrogen (secondary N) is 2. The summed E-state index contributed by atoms with van der Waals surface area (Å²) in [5.74, 6) is -0.291. The van der Waals surface area contributed by atoms with Gasteiger partial charge in [0.25, 0.3) is 5.56 Å². The maximum Gasteiger partial charge on any atom is 0.275 e. The molecule has 0 saturated carbocycles. The zero-order chi connectivity index (χ0) is 18.5. The van der Waals surface area contributed by atoms with Gasteiger partial charge in [0.2, 0.25) is 5.88 Å². The standard InChI is InChI=1S/C18H11ClN6O2/c19-11-2-4-13(20-8-11)16-17-22-14(6-15(26)25(17)24-18(16)27)9-1-3-12-10(5-9)7-21-23-12/h1-8,22H,(H,21,23)(H,24,27). The molecule has 4 heterocycles. The highest BCUT2D eigenvalue weighted by Gasteiger charge is 2.18. The lowest BCUT2D eigenvalue weighted by molar-refractivity contribution is 0.450. The lowest BCUT2D eigenvalue weighted by atomic mass is 10.1. The molecular formula is C18H11ClN6O2. The first-order valence-corrected chi connectivity index (χ1v) is 8.38. The van der Waals surface area contributed by atoms with E-state index in [0.29, 0.717) is 27.6 Å². The summed E-state index contributed by atoms with van der Waals surface area (Å²) in [7, 11) is 0. The summed E-state index contributed by atoms with van der Waals surface area (Å²) in [5.41, 5.74) is 3.04. The Kier molecular flexibility index (Phi) is 3.28. The van der Waals surface area contributed by atoms with Crippen LogP contribution in [0.25, 0.3) is 39.1 Å². The Balaban J connectivity index is 1.77. The van der Waals surface area contributed by atoms with Crippen molar-refractivity contribution in [1.82, 2.24) is 29.8 Å². The van der Waals surface area contributed by atoms with E-state index in [1.807, 2.05) is 18.2 Å². The topological polar surface area (TPSA) is 112 Å². The summed E-state index contributed by atoms with van der Waals surface area (Å²) in [5, 5.41) is 22.5. The van der Waals surface area contributed by atoms with Crippen LogP contribution in [0.1, 0.15) is 0 Å². The molecule has 9 heteroatoms. The van der Waals surface area contributed by atoms with Crippen molar-refractivity contribution >= 4 is 28.2 Å². The zero-order valence-corrected chi connectivity index (χ0v) is 14.4. The number of aromatic nitrogens is 6. The van der Waals surface area contributed by atoms with Crippen molar-refractivity contribution in [3.05, 3.63) is 64.2 Å². The Hall–Kier alpha value is -3.65. The van der Waals surface area contributed by atoms with Gasteiger partial charge in [-0.15, -0.1) is 5.10 Å². The molecule has 0 aliphatic rings. The van der Waals surface area contributed by atoms with Crippen LogP contribution < -0.4 is 5.56 Å². The number of rotatable bonds is 2. The summed E-state index contributed by atoms with van der Waals surface area (Å²) in [6.45, 7) is 0. The van der Waals surface area contributed by atoms with Crippen LogP contribution >= 0.6 is 11.6 Å². The number of H-pyrrole nitrogens is 2. The molecule has 132 valence electrons. The van der Waals surface area contributed by atoms with Gasteiger partial charge in [0, 0.05) is 17.6 Å². The van der Waals surface area contributed by atoms with Gasteiger partial charge >= 0.3 is 0 Å². The number of fused-ring (bicyclic) bond motifs is 2. The fraction of sp³-hybridized carbons (Fsp3) is 0. The molecule has 0 aliphatic carbocycles. The van der Waals surface area contributed by atoms with Gasteiger partial charge in [-0.3, -0.25) is 14.9 Å². The van der Waals surface area contributed by atoms with Gasteiger partial charge in [0.15, 0.2) is 5.65 Å². The van der Waals surface area contributed by atoms with Gasteiger partial charge < -0.3 is 10.1 Å². The lowest BCUT2D eigenvalue weighted by Gasteiger charge is -2.05. The van der Waals surface area contributed by atoms with Gasteiger partial charge in [0.05, 0.1) is 28.1 Å². The van der Waals surface area contributed by atoms with Gasteiger partial charge in [0.1, 0.15) is 5.56 Å². The van der Waals surface area contributed by atoms with Crippen molar-refractivity contribution in [3.8, 4) is 28.4 Å². The molecule has 3 N–H and O–H groups in total. The van der Waals surface area contributed by atoms with Crippen molar-refractivity contribution in [2.45, 2.75) is 0 Å². The quantitative estimate of drug-likeness (QED) is 0.437. The SMILES string of the molecule is O=c1cc(-c2ccc3[nH]ncc3c2)[nH]c2c(-c3ccc(Cl)cn3)c(O)nn12. The molecule has 0 radical (unpaired) electrons. The van der Waals surface area contributed by atoms with E-state index in [2.05, 4.69) is 25.3 Å². The third-order valence-electron chi connectivity index (χ3n) is 4.33. The molecule has 0 fully saturated rings. The minimum Gasteiger partial charge on any atom is -0.492 e. The van der Waals surface area contributed by atoms with E-state index < -0.39 is 0 Å². The minimum absolute atomic E-state index is 0.291. The number of aromatic amines is 2. The van der Waals surface area contributed by atoms with E-state index in [-0.39, 0.29) is 11.4 Å². The number of nitrogens with zero attached hydrogens (tertiary/aromatic N) is 4. The first kappa shape index (κ1) is 15.6. The Morgan fingerprint density at radius 2 is 2.00 bits per heavy atom. The van der Waals surface area contributed by atoms with Gasteiger partial charge in [-0.05, 0) is 29.8 Å². The van der Waals surface area contributed by atoms with Crippen LogP contribution in [0.3, 0.4) is 0 Å².